The van der Waals surface area contributed by atoms with Crippen molar-refractivity contribution in [1.82, 2.24) is 10.3 Å². The topological polar surface area (TPSA) is 51.2 Å². The Hall–Kier alpha value is -3.14. The second kappa shape index (κ2) is 8.30. The van der Waals surface area contributed by atoms with Gasteiger partial charge in [-0.25, -0.2) is 0 Å². The monoisotopic (exact) mass is 346 g/mol. The number of methoxy groups -OCH3 is 1. The van der Waals surface area contributed by atoms with Crippen molar-refractivity contribution in [1.29, 1.82) is 0 Å². The van der Waals surface area contributed by atoms with Crippen LogP contribution in [0.2, 0.25) is 0 Å². The molecule has 4 nitrogen and oxygen atoms in total. The van der Waals surface area contributed by atoms with Gasteiger partial charge in [-0.05, 0) is 42.8 Å². The molecule has 1 heterocycles. The third-order valence-electron chi connectivity index (χ3n) is 4.16. The predicted molar refractivity (Wildman–Crippen MR) is 103 cm³/mol. The molecule has 0 spiro atoms. The van der Waals surface area contributed by atoms with Crippen LogP contribution in [0, 0.1) is 0 Å². The van der Waals surface area contributed by atoms with E-state index in [1.807, 2.05) is 73.7 Å². The molecule has 4 heteroatoms. The summed E-state index contributed by atoms with van der Waals surface area (Å²) in [6.45, 7) is 1.98. The van der Waals surface area contributed by atoms with Crippen molar-refractivity contribution in [3.8, 4) is 16.9 Å². The molecule has 3 aromatic rings. The second-order valence-electron chi connectivity index (χ2n) is 6.18. The third-order valence-corrected chi connectivity index (χ3v) is 4.16. The van der Waals surface area contributed by atoms with Gasteiger partial charge < -0.3 is 10.1 Å². The molecular weight excluding hydrogens is 324 g/mol. The van der Waals surface area contributed by atoms with E-state index in [9.17, 15) is 4.79 Å². The van der Waals surface area contributed by atoms with Crippen LogP contribution >= 0.6 is 0 Å². The van der Waals surface area contributed by atoms with Crippen LogP contribution in [-0.4, -0.2) is 24.0 Å². The zero-order valence-electron chi connectivity index (χ0n) is 15.0. The molecule has 1 unspecified atom stereocenters. The summed E-state index contributed by atoms with van der Waals surface area (Å²) < 4.78 is 5.42. The van der Waals surface area contributed by atoms with Crippen molar-refractivity contribution in [2.45, 2.75) is 19.4 Å². The average molecular weight is 346 g/mol. The first kappa shape index (κ1) is 17.7. The van der Waals surface area contributed by atoms with Gasteiger partial charge in [0.05, 0.1) is 7.11 Å². The van der Waals surface area contributed by atoms with E-state index in [2.05, 4.69) is 10.3 Å². The van der Waals surface area contributed by atoms with Crippen LogP contribution in [-0.2, 0) is 6.42 Å². The van der Waals surface area contributed by atoms with Crippen LogP contribution in [0.1, 0.15) is 23.0 Å². The summed E-state index contributed by atoms with van der Waals surface area (Å²) in [7, 11) is 1.65. The molecule has 26 heavy (non-hydrogen) atoms. The Morgan fingerprint density at radius 2 is 1.88 bits per heavy atom. The quantitative estimate of drug-likeness (QED) is 0.730. The molecule has 2 aromatic carbocycles. The molecule has 0 saturated heterocycles. The Kier molecular flexibility index (Phi) is 5.64. The Labute approximate surface area is 153 Å². The summed E-state index contributed by atoms with van der Waals surface area (Å²) in [6, 6.07) is 21.2. The first-order valence-electron chi connectivity index (χ1n) is 8.61. The minimum Gasteiger partial charge on any atom is -0.496 e. The molecule has 0 bridgehead atoms. The molecule has 1 amide bonds. The van der Waals surface area contributed by atoms with E-state index in [-0.39, 0.29) is 11.9 Å². The molecule has 1 aromatic heterocycles. The van der Waals surface area contributed by atoms with Gasteiger partial charge in [0, 0.05) is 35.5 Å². The van der Waals surface area contributed by atoms with Crippen LogP contribution in [0.25, 0.3) is 11.1 Å². The molecule has 3 rings (SSSR count). The number of amides is 1. The van der Waals surface area contributed by atoms with Crippen molar-refractivity contribution in [2.75, 3.05) is 7.11 Å². The van der Waals surface area contributed by atoms with Gasteiger partial charge in [0.15, 0.2) is 0 Å². The fraction of sp³-hybridized carbons (Fsp3) is 0.182. The Morgan fingerprint density at radius 1 is 1.08 bits per heavy atom. The van der Waals surface area contributed by atoms with E-state index in [1.165, 1.54) is 0 Å². The molecule has 0 aliphatic heterocycles. The summed E-state index contributed by atoms with van der Waals surface area (Å²) in [5, 5.41) is 3.04. The van der Waals surface area contributed by atoms with Gasteiger partial charge in [-0.3, -0.25) is 9.78 Å². The SMILES string of the molecule is COc1ccccc1-c1cccc(C(=O)NC(C)Cc2ccccn2)c1. The summed E-state index contributed by atoms with van der Waals surface area (Å²) >= 11 is 0. The van der Waals surface area contributed by atoms with Crippen molar-refractivity contribution < 1.29 is 9.53 Å². The molecule has 0 radical (unpaired) electrons. The third kappa shape index (κ3) is 4.28. The highest BCUT2D eigenvalue weighted by Crippen LogP contribution is 2.29. The molecule has 132 valence electrons. The maximum absolute atomic E-state index is 12.6. The Bertz CT molecular complexity index is 878. The molecule has 0 aliphatic carbocycles. The van der Waals surface area contributed by atoms with Gasteiger partial charge in [0.1, 0.15) is 5.75 Å². The fourth-order valence-corrected chi connectivity index (χ4v) is 2.90. The van der Waals surface area contributed by atoms with Crippen LogP contribution in [0.5, 0.6) is 5.75 Å². The lowest BCUT2D eigenvalue weighted by molar-refractivity contribution is 0.0940. The van der Waals surface area contributed by atoms with Gasteiger partial charge in [0.25, 0.3) is 5.91 Å². The van der Waals surface area contributed by atoms with Crippen LogP contribution < -0.4 is 10.1 Å². The van der Waals surface area contributed by atoms with Crippen molar-refractivity contribution in [3.05, 3.63) is 84.2 Å². The van der Waals surface area contributed by atoms with Gasteiger partial charge in [0.2, 0.25) is 0 Å². The highest BCUT2D eigenvalue weighted by molar-refractivity contribution is 5.95. The number of rotatable bonds is 6. The minimum absolute atomic E-state index is 0.00711. The van der Waals surface area contributed by atoms with Crippen LogP contribution in [0.4, 0.5) is 0 Å². The number of ether oxygens (including phenoxy) is 1. The van der Waals surface area contributed by atoms with Crippen LogP contribution in [0.15, 0.2) is 72.9 Å². The van der Waals surface area contributed by atoms with E-state index in [0.717, 1.165) is 22.6 Å². The number of carbonyl (C=O) groups excluding carboxylic acids is 1. The smallest absolute Gasteiger partial charge is 0.251 e. The summed E-state index contributed by atoms with van der Waals surface area (Å²) in [5.41, 5.74) is 3.50. The summed E-state index contributed by atoms with van der Waals surface area (Å²) in [6.07, 6.45) is 2.46. The largest absolute Gasteiger partial charge is 0.496 e. The number of para-hydroxylation sites is 1. The average Bonchev–Trinajstić information content (AvgIpc) is 2.68. The lowest BCUT2D eigenvalue weighted by Crippen LogP contribution is -2.34. The predicted octanol–water partition coefficient (Wildman–Crippen LogP) is 4.12. The molecule has 0 fully saturated rings. The van der Waals surface area contributed by atoms with Crippen LogP contribution in [0.3, 0.4) is 0 Å². The minimum atomic E-state index is -0.0924. The van der Waals surface area contributed by atoms with Crippen molar-refractivity contribution in [2.24, 2.45) is 0 Å². The second-order valence-corrected chi connectivity index (χ2v) is 6.18. The zero-order chi connectivity index (χ0) is 18.4. The number of hydrogen-bond donors (Lipinski definition) is 1. The van der Waals surface area contributed by atoms with E-state index in [1.54, 1.807) is 13.3 Å². The highest BCUT2D eigenvalue weighted by atomic mass is 16.5. The lowest BCUT2D eigenvalue weighted by Gasteiger charge is -2.14. The number of nitrogens with zero attached hydrogens (tertiary/aromatic N) is 1. The number of aromatic nitrogens is 1. The fourth-order valence-electron chi connectivity index (χ4n) is 2.90. The Morgan fingerprint density at radius 3 is 2.65 bits per heavy atom. The van der Waals surface area contributed by atoms with Crippen molar-refractivity contribution >= 4 is 5.91 Å². The first-order chi connectivity index (χ1) is 12.7. The first-order valence-corrected chi connectivity index (χ1v) is 8.61. The normalized spacial score (nSPS) is 11.6. The molecular formula is C22H22N2O2. The summed E-state index contributed by atoms with van der Waals surface area (Å²) in [4.78, 5) is 16.9. The van der Waals surface area contributed by atoms with E-state index >= 15 is 0 Å². The molecule has 0 saturated carbocycles. The number of nitrogens with one attached hydrogen (secondary N) is 1. The highest BCUT2D eigenvalue weighted by Gasteiger charge is 2.13. The van der Waals surface area contributed by atoms with E-state index in [4.69, 9.17) is 4.74 Å². The summed E-state index contributed by atoms with van der Waals surface area (Å²) in [5.74, 6) is 0.693. The van der Waals surface area contributed by atoms with E-state index < -0.39 is 0 Å². The van der Waals surface area contributed by atoms with E-state index in [0.29, 0.717) is 12.0 Å². The van der Waals surface area contributed by atoms with Gasteiger partial charge in [-0.15, -0.1) is 0 Å². The standard InChI is InChI=1S/C22H22N2O2/c1-16(14-19-10-5-6-13-23-19)24-22(25)18-9-7-8-17(15-18)20-11-3-4-12-21(20)26-2/h3-13,15-16H,14H2,1-2H3,(H,24,25). The zero-order valence-corrected chi connectivity index (χ0v) is 15.0. The van der Waals surface area contributed by atoms with Gasteiger partial charge in [-0.1, -0.05) is 36.4 Å². The van der Waals surface area contributed by atoms with Gasteiger partial charge in [-0.2, -0.15) is 0 Å². The van der Waals surface area contributed by atoms with Gasteiger partial charge >= 0.3 is 0 Å². The maximum Gasteiger partial charge on any atom is 0.251 e. The molecule has 1 N–H and O–H groups in total. The number of carbonyl (C=O) groups is 1. The molecule has 0 aliphatic rings. The Balaban J connectivity index is 1.74. The molecule has 1 atom stereocenters. The lowest BCUT2D eigenvalue weighted by atomic mass is 10.0. The number of hydrogen-bond acceptors (Lipinski definition) is 3. The number of benzene rings is 2. The number of pyridine rings is 1. The van der Waals surface area contributed by atoms with Crippen molar-refractivity contribution in [3.63, 3.8) is 0 Å². The maximum atomic E-state index is 12.6.